The molecule has 1 heterocycles. The Hall–Kier alpha value is -2.66. The van der Waals surface area contributed by atoms with Crippen LogP contribution < -0.4 is 9.64 Å². The predicted molar refractivity (Wildman–Crippen MR) is 104 cm³/mol. The molecule has 1 aliphatic rings. The summed E-state index contributed by atoms with van der Waals surface area (Å²) in [6.07, 6.45) is -0.221. The van der Waals surface area contributed by atoms with E-state index in [1.54, 1.807) is 11.0 Å². The Morgan fingerprint density at radius 1 is 1.19 bits per heavy atom. The molecular weight excluding hydrogens is 342 g/mol. The number of aryl methyl sites for hydroxylation is 2. The zero-order valence-electron chi connectivity index (χ0n) is 16.2. The lowest BCUT2D eigenvalue weighted by Gasteiger charge is -2.22. The topological polar surface area (TPSA) is 66.8 Å². The minimum atomic E-state index is -1.80. The Kier molecular flexibility index (Phi) is 5.07. The van der Waals surface area contributed by atoms with E-state index >= 15 is 0 Å². The van der Waals surface area contributed by atoms with Crippen molar-refractivity contribution < 1.29 is 19.4 Å². The van der Waals surface area contributed by atoms with Crippen molar-refractivity contribution in [3.05, 3.63) is 58.7 Å². The number of rotatable bonds is 6. The molecule has 2 aromatic rings. The summed E-state index contributed by atoms with van der Waals surface area (Å²) in [5, 5.41) is 11.2. The lowest BCUT2D eigenvalue weighted by Crippen LogP contribution is -2.41. The largest absolute Gasteiger partial charge is 0.494 e. The summed E-state index contributed by atoms with van der Waals surface area (Å²) < 4.78 is 5.46. The van der Waals surface area contributed by atoms with Crippen molar-refractivity contribution in [2.24, 2.45) is 0 Å². The molecule has 0 radical (unpaired) electrons. The normalized spacial score (nSPS) is 18.6. The fraction of sp³-hybridized carbons (Fsp3) is 0.364. The smallest absolute Gasteiger partial charge is 0.264 e. The van der Waals surface area contributed by atoms with Crippen LogP contribution in [0.2, 0.25) is 0 Å². The monoisotopic (exact) mass is 367 g/mol. The maximum absolute atomic E-state index is 13.2. The molecule has 0 fully saturated rings. The number of Topliss-reactive ketones (excluding diaryl/α,β-unsaturated/α-hetero) is 1. The van der Waals surface area contributed by atoms with Crippen LogP contribution in [-0.4, -0.2) is 23.4 Å². The van der Waals surface area contributed by atoms with Crippen LogP contribution >= 0.6 is 0 Å². The van der Waals surface area contributed by atoms with Gasteiger partial charge in [0.1, 0.15) is 11.5 Å². The molecule has 0 spiro atoms. The van der Waals surface area contributed by atoms with E-state index in [9.17, 15) is 14.7 Å². The van der Waals surface area contributed by atoms with E-state index in [0.717, 1.165) is 22.4 Å². The van der Waals surface area contributed by atoms with Crippen molar-refractivity contribution >= 4 is 17.4 Å². The molecule has 0 bridgehead atoms. The van der Waals surface area contributed by atoms with Gasteiger partial charge in [-0.25, -0.2) is 0 Å². The lowest BCUT2D eigenvalue weighted by atomic mass is 9.88. The summed E-state index contributed by atoms with van der Waals surface area (Å²) in [6, 6.07) is 11.3. The van der Waals surface area contributed by atoms with E-state index < -0.39 is 11.5 Å². The average Bonchev–Trinajstić information content (AvgIpc) is 2.78. The van der Waals surface area contributed by atoms with Crippen LogP contribution in [0.5, 0.6) is 5.75 Å². The number of hydrogen-bond donors (Lipinski definition) is 1. The maximum Gasteiger partial charge on any atom is 0.264 e. The van der Waals surface area contributed by atoms with Crippen LogP contribution in [0.15, 0.2) is 36.4 Å². The van der Waals surface area contributed by atoms with Crippen LogP contribution in [0.25, 0.3) is 0 Å². The van der Waals surface area contributed by atoms with Gasteiger partial charge in [-0.05, 0) is 51.0 Å². The number of nitrogens with zero attached hydrogens (tertiary/aromatic N) is 1. The third-order valence-electron chi connectivity index (χ3n) is 4.84. The Morgan fingerprint density at radius 3 is 2.44 bits per heavy atom. The molecule has 0 aliphatic carbocycles. The summed E-state index contributed by atoms with van der Waals surface area (Å²) in [6.45, 7) is 8.07. The van der Waals surface area contributed by atoms with Crippen molar-refractivity contribution in [1.29, 1.82) is 0 Å². The number of benzene rings is 2. The van der Waals surface area contributed by atoms with E-state index in [2.05, 4.69) is 0 Å². The molecule has 5 heteroatoms. The second-order valence-corrected chi connectivity index (χ2v) is 7.19. The molecule has 1 amide bonds. The van der Waals surface area contributed by atoms with Crippen LogP contribution in [0, 0.1) is 13.8 Å². The number of ketones is 1. The van der Waals surface area contributed by atoms with Crippen molar-refractivity contribution in [3.63, 3.8) is 0 Å². The van der Waals surface area contributed by atoms with Crippen molar-refractivity contribution in [2.45, 2.75) is 46.3 Å². The first-order valence-corrected chi connectivity index (χ1v) is 9.13. The van der Waals surface area contributed by atoms with E-state index in [4.69, 9.17) is 4.74 Å². The number of aliphatic hydroxyl groups is 1. The first kappa shape index (κ1) is 19.1. The Morgan fingerprint density at radius 2 is 1.85 bits per heavy atom. The minimum absolute atomic E-state index is 0.221. The summed E-state index contributed by atoms with van der Waals surface area (Å²) in [7, 11) is 0. The number of hydrogen-bond acceptors (Lipinski definition) is 4. The van der Waals surface area contributed by atoms with Crippen LogP contribution in [-0.2, 0) is 21.7 Å². The van der Waals surface area contributed by atoms with Crippen LogP contribution in [0.1, 0.15) is 42.5 Å². The Labute approximate surface area is 159 Å². The summed E-state index contributed by atoms with van der Waals surface area (Å²) in [4.78, 5) is 26.5. The average molecular weight is 367 g/mol. The first-order chi connectivity index (χ1) is 12.8. The van der Waals surface area contributed by atoms with Gasteiger partial charge in [-0.15, -0.1) is 0 Å². The van der Waals surface area contributed by atoms with Gasteiger partial charge in [-0.2, -0.15) is 0 Å². The Bertz CT molecular complexity index is 888. The van der Waals surface area contributed by atoms with Gasteiger partial charge < -0.3 is 14.7 Å². The zero-order chi connectivity index (χ0) is 19.8. The van der Waals surface area contributed by atoms with Crippen molar-refractivity contribution in [2.75, 3.05) is 11.5 Å². The van der Waals surface area contributed by atoms with Gasteiger partial charge in [0.05, 0.1) is 18.8 Å². The number of anilines is 1. The van der Waals surface area contributed by atoms with E-state index in [1.807, 2.05) is 51.1 Å². The minimum Gasteiger partial charge on any atom is -0.494 e. The zero-order valence-corrected chi connectivity index (χ0v) is 16.2. The molecule has 1 unspecified atom stereocenters. The first-order valence-electron chi connectivity index (χ1n) is 9.13. The lowest BCUT2D eigenvalue weighted by molar-refractivity contribution is -0.141. The number of carbonyl (C=O) groups is 2. The SMILES string of the molecule is CCOc1ccc(CN2C(=O)C(O)(CC(C)=O)c3cc(C)cc(C)c32)cc1. The van der Waals surface area contributed by atoms with Gasteiger partial charge in [0.25, 0.3) is 5.91 Å². The number of amides is 1. The number of ether oxygens (including phenoxy) is 1. The molecule has 1 N–H and O–H groups in total. The highest BCUT2D eigenvalue weighted by molar-refractivity contribution is 6.09. The highest BCUT2D eigenvalue weighted by atomic mass is 16.5. The van der Waals surface area contributed by atoms with Gasteiger partial charge >= 0.3 is 0 Å². The third kappa shape index (κ3) is 3.47. The molecule has 27 heavy (non-hydrogen) atoms. The standard InChI is InChI=1S/C22H25NO4/c1-5-27-18-8-6-17(7-9-18)13-23-20-15(3)10-14(2)11-19(20)22(26,21(23)25)12-16(4)24/h6-11,26H,5,12-13H2,1-4H3. The van der Waals surface area contributed by atoms with Crippen molar-refractivity contribution in [3.8, 4) is 5.75 Å². The number of carbonyl (C=O) groups excluding carboxylic acids is 2. The second kappa shape index (κ2) is 7.16. The summed E-state index contributed by atoms with van der Waals surface area (Å²) >= 11 is 0. The second-order valence-electron chi connectivity index (χ2n) is 7.19. The van der Waals surface area contributed by atoms with E-state index in [-0.39, 0.29) is 12.2 Å². The third-order valence-corrected chi connectivity index (χ3v) is 4.84. The molecule has 0 saturated carbocycles. The fourth-order valence-corrected chi connectivity index (χ4v) is 3.80. The Balaban J connectivity index is 2.01. The van der Waals surface area contributed by atoms with Crippen LogP contribution in [0.4, 0.5) is 5.69 Å². The highest BCUT2D eigenvalue weighted by Crippen LogP contribution is 2.45. The quantitative estimate of drug-likeness (QED) is 0.850. The molecular formula is C22H25NO4. The predicted octanol–water partition coefficient (Wildman–Crippen LogP) is 3.42. The van der Waals surface area contributed by atoms with E-state index in [0.29, 0.717) is 24.4 Å². The maximum atomic E-state index is 13.2. The van der Waals surface area contributed by atoms with Gasteiger partial charge in [0.15, 0.2) is 5.60 Å². The molecule has 2 aromatic carbocycles. The van der Waals surface area contributed by atoms with Gasteiger partial charge in [0.2, 0.25) is 0 Å². The number of fused-ring (bicyclic) bond motifs is 1. The van der Waals surface area contributed by atoms with Gasteiger partial charge in [-0.3, -0.25) is 9.59 Å². The molecule has 142 valence electrons. The highest BCUT2D eigenvalue weighted by Gasteiger charge is 2.51. The van der Waals surface area contributed by atoms with Gasteiger partial charge in [0, 0.05) is 12.0 Å². The molecule has 1 aliphatic heterocycles. The molecule has 1 atom stereocenters. The van der Waals surface area contributed by atoms with Crippen molar-refractivity contribution in [1.82, 2.24) is 0 Å². The molecule has 0 aromatic heterocycles. The molecule has 3 rings (SSSR count). The summed E-state index contributed by atoms with van der Waals surface area (Å²) in [5.41, 5.74) is 2.19. The van der Waals surface area contributed by atoms with Gasteiger partial charge in [-0.1, -0.05) is 29.8 Å². The molecule has 5 nitrogen and oxygen atoms in total. The fourth-order valence-electron chi connectivity index (χ4n) is 3.80. The summed E-state index contributed by atoms with van der Waals surface area (Å²) in [5.74, 6) is 0.100. The van der Waals surface area contributed by atoms with E-state index in [1.165, 1.54) is 6.92 Å². The van der Waals surface area contributed by atoms with Crippen LogP contribution in [0.3, 0.4) is 0 Å². The molecule has 0 saturated heterocycles.